The summed E-state index contributed by atoms with van der Waals surface area (Å²) in [5.41, 5.74) is 5.73. The number of likely N-dealkylation sites (N-methyl/N-ethyl adjacent to an activating group) is 1. The predicted octanol–water partition coefficient (Wildman–Crippen LogP) is 2.23. The molecule has 0 aromatic heterocycles. The highest BCUT2D eigenvalue weighted by atomic mass is 32.2. The molecule has 0 aliphatic carbocycles. The summed E-state index contributed by atoms with van der Waals surface area (Å²) >= 11 is 0. The first-order valence-corrected chi connectivity index (χ1v) is 10.3. The average molecular weight is 411 g/mol. The third-order valence-electron chi connectivity index (χ3n) is 4.50. The molecule has 3 aromatic rings. The van der Waals surface area contributed by atoms with Crippen LogP contribution in [0.3, 0.4) is 0 Å². The Bertz CT molecular complexity index is 1180. The number of hydrogen-bond acceptors (Lipinski definition) is 4. The van der Waals surface area contributed by atoms with E-state index in [4.69, 9.17) is 0 Å². The Morgan fingerprint density at radius 2 is 1.55 bits per heavy atom. The number of hydrogen-bond donors (Lipinski definition) is 2. The maximum atomic E-state index is 12.8. The van der Waals surface area contributed by atoms with Gasteiger partial charge >= 0.3 is 0 Å². The molecule has 29 heavy (non-hydrogen) atoms. The van der Waals surface area contributed by atoms with Gasteiger partial charge in [0.15, 0.2) is 0 Å². The molecule has 2 N–H and O–H groups in total. The highest BCUT2D eigenvalue weighted by Gasteiger charge is 2.23. The molecule has 0 atom stereocenters. The fourth-order valence-corrected chi connectivity index (χ4v) is 4.02. The van der Waals surface area contributed by atoms with Gasteiger partial charge in [0.05, 0.1) is 11.4 Å². The van der Waals surface area contributed by atoms with Gasteiger partial charge in [0, 0.05) is 12.6 Å². The summed E-state index contributed by atoms with van der Waals surface area (Å²) in [4.78, 5) is 24.4. The third-order valence-corrected chi connectivity index (χ3v) is 6.30. The van der Waals surface area contributed by atoms with Crippen molar-refractivity contribution in [2.75, 3.05) is 13.6 Å². The van der Waals surface area contributed by atoms with Crippen LogP contribution in [0.5, 0.6) is 0 Å². The second-order valence-electron chi connectivity index (χ2n) is 6.59. The summed E-state index contributed by atoms with van der Waals surface area (Å²) in [6.07, 6.45) is 0. The van der Waals surface area contributed by atoms with Crippen LogP contribution in [0.4, 0.5) is 0 Å². The molecule has 0 spiro atoms. The van der Waals surface area contributed by atoms with Crippen LogP contribution < -0.4 is 10.9 Å². The van der Waals surface area contributed by atoms with E-state index in [0.29, 0.717) is 5.56 Å². The van der Waals surface area contributed by atoms with E-state index >= 15 is 0 Å². The van der Waals surface area contributed by atoms with Gasteiger partial charge in [-0.15, -0.1) is 0 Å². The monoisotopic (exact) mass is 411 g/mol. The summed E-state index contributed by atoms with van der Waals surface area (Å²) in [6.45, 7) is 1.34. The van der Waals surface area contributed by atoms with Gasteiger partial charge in [0.25, 0.3) is 11.8 Å². The molecule has 0 aliphatic heterocycles. The normalized spacial score (nSPS) is 11.4. The number of benzene rings is 3. The van der Waals surface area contributed by atoms with E-state index in [1.165, 1.54) is 13.1 Å². The van der Waals surface area contributed by atoms with Gasteiger partial charge < -0.3 is 0 Å². The first-order chi connectivity index (χ1) is 13.8. The fraction of sp³-hybridized carbons (Fsp3) is 0.143. The second kappa shape index (κ2) is 8.42. The van der Waals surface area contributed by atoms with Crippen LogP contribution in [0.1, 0.15) is 15.9 Å². The van der Waals surface area contributed by atoms with Crippen molar-refractivity contribution in [2.24, 2.45) is 0 Å². The summed E-state index contributed by atoms with van der Waals surface area (Å²) in [7, 11) is -2.55. The van der Waals surface area contributed by atoms with Gasteiger partial charge in [0.2, 0.25) is 10.0 Å². The highest BCUT2D eigenvalue weighted by Crippen LogP contribution is 2.21. The number of fused-ring (bicyclic) bond motifs is 1. The van der Waals surface area contributed by atoms with Crippen LogP contribution in [0.15, 0.2) is 71.6 Å². The molecule has 0 aliphatic rings. The number of amides is 2. The van der Waals surface area contributed by atoms with Crippen LogP contribution >= 0.6 is 0 Å². The van der Waals surface area contributed by atoms with Crippen LogP contribution in [-0.4, -0.2) is 38.1 Å². The molecular formula is C21H21N3O4S. The Kier molecular flexibility index (Phi) is 5.95. The molecule has 0 radical (unpaired) electrons. The van der Waals surface area contributed by atoms with Gasteiger partial charge in [-0.05, 0) is 41.5 Å². The zero-order chi connectivity index (χ0) is 21.0. The average Bonchev–Trinajstić information content (AvgIpc) is 2.72. The fourth-order valence-electron chi connectivity index (χ4n) is 2.86. The Balaban J connectivity index is 1.65. The Labute approximate surface area is 169 Å². The number of carbonyl (C=O) groups excluding carboxylic acids is 2. The number of carbonyl (C=O) groups is 2. The lowest BCUT2D eigenvalue weighted by atomic mass is 10.1. The third kappa shape index (κ3) is 4.61. The number of aryl methyl sites for hydroxylation is 1. The highest BCUT2D eigenvalue weighted by molar-refractivity contribution is 7.89. The predicted molar refractivity (Wildman–Crippen MR) is 111 cm³/mol. The molecular weight excluding hydrogens is 390 g/mol. The Morgan fingerprint density at radius 3 is 2.28 bits per heavy atom. The molecule has 0 unspecified atom stereocenters. The number of rotatable bonds is 5. The smallest absolute Gasteiger partial charge is 0.269 e. The van der Waals surface area contributed by atoms with Crippen molar-refractivity contribution in [3.8, 4) is 0 Å². The lowest BCUT2D eigenvalue weighted by Gasteiger charge is -2.17. The van der Waals surface area contributed by atoms with Gasteiger partial charge in [-0.2, -0.15) is 4.31 Å². The minimum atomic E-state index is -3.86. The van der Waals surface area contributed by atoms with Crippen LogP contribution in [0.2, 0.25) is 0 Å². The quantitative estimate of drug-likeness (QED) is 0.630. The first-order valence-electron chi connectivity index (χ1n) is 8.89. The van der Waals surface area contributed by atoms with Crippen molar-refractivity contribution in [3.05, 3.63) is 77.9 Å². The van der Waals surface area contributed by atoms with Crippen molar-refractivity contribution in [1.82, 2.24) is 15.2 Å². The van der Waals surface area contributed by atoms with Crippen molar-refractivity contribution in [3.63, 3.8) is 0 Å². The minimum absolute atomic E-state index is 0.0930. The Morgan fingerprint density at radius 1 is 0.897 bits per heavy atom. The number of hydrazine groups is 1. The van der Waals surface area contributed by atoms with Crippen molar-refractivity contribution in [2.45, 2.75) is 11.8 Å². The summed E-state index contributed by atoms with van der Waals surface area (Å²) < 4.78 is 26.5. The van der Waals surface area contributed by atoms with Gasteiger partial charge in [-0.3, -0.25) is 20.4 Å². The van der Waals surface area contributed by atoms with E-state index in [1.54, 1.807) is 43.3 Å². The topological polar surface area (TPSA) is 95.6 Å². The Hall–Kier alpha value is -3.23. The van der Waals surface area contributed by atoms with E-state index in [0.717, 1.165) is 20.6 Å². The van der Waals surface area contributed by atoms with E-state index in [-0.39, 0.29) is 4.90 Å². The van der Waals surface area contributed by atoms with Gasteiger partial charge in [-0.25, -0.2) is 8.42 Å². The molecule has 0 saturated heterocycles. The largest absolute Gasteiger partial charge is 0.272 e. The minimum Gasteiger partial charge on any atom is -0.272 e. The van der Waals surface area contributed by atoms with E-state index in [2.05, 4.69) is 10.9 Å². The molecule has 2 amide bonds. The summed E-state index contributed by atoms with van der Waals surface area (Å²) in [5.74, 6) is -1.13. The van der Waals surface area contributed by atoms with Crippen molar-refractivity contribution >= 4 is 32.6 Å². The molecule has 0 fully saturated rings. The number of nitrogens with one attached hydrogen (secondary N) is 2. The second-order valence-corrected chi connectivity index (χ2v) is 8.63. The zero-order valence-electron chi connectivity index (χ0n) is 16.0. The van der Waals surface area contributed by atoms with E-state index in [1.807, 2.05) is 24.3 Å². The lowest BCUT2D eigenvalue weighted by molar-refractivity contribution is -0.121. The van der Waals surface area contributed by atoms with Crippen LogP contribution in [0, 0.1) is 6.92 Å². The lowest BCUT2D eigenvalue weighted by Crippen LogP contribution is -2.46. The molecule has 3 rings (SSSR count). The molecule has 0 bridgehead atoms. The first kappa shape index (κ1) is 20.5. The molecule has 150 valence electrons. The maximum Gasteiger partial charge on any atom is 0.269 e. The standard InChI is InChI=1S/C21H21N3O4S/c1-15-7-3-6-10-19(15)21(26)23-22-20(25)14-24(2)29(27,28)18-12-11-16-8-4-5-9-17(16)13-18/h3-13H,14H2,1-2H3,(H,22,25)(H,23,26). The summed E-state index contributed by atoms with van der Waals surface area (Å²) in [6, 6.07) is 19.1. The van der Waals surface area contributed by atoms with E-state index < -0.39 is 28.4 Å². The van der Waals surface area contributed by atoms with Crippen LogP contribution in [-0.2, 0) is 14.8 Å². The molecule has 8 heteroatoms. The SMILES string of the molecule is Cc1ccccc1C(=O)NNC(=O)CN(C)S(=O)(=O)c1ccc2ccccc2c1. The molecule has 0 heterocycles. The molecule has 3 aromatic carbocycles. The van der Waals surface area contributed by atoms with E-state index in [9.17, 15) is 18.0 Å². The molecule has 7 nitrogen and oxygen atoms in total. The van der Waals surface area contributed by atoms with Crippen LogP contribution in [0.25, 0.3) is 10.8 Å². The zero-order valence-corrected chi connectivity index (χ0v) is 16.9. The van der Waals surface area contributed by atoms with Crippen molar-refractivity contribution in [1.29, 1.82) is 0 Å². The summed E-state index contributed by atoms with van der Waals surface area (Å²) in [5, 5.41) is 1.71. The van der Waals surface area contributed by atoms with Gasteiger partial charge in [-0.1, -0.05) is 48.5 Å². The van der Waals surface area contributed by atoms with Gasteiger partial charge in [0.1, 0.15) is 0 Å². The number of nitrogens with zero attached hydrogens (tertiary/aromatic N) is 1. The molecule has 0 saturated carbocycles. The van der Waals surface area contributed by atoms with Crippen molar-refractivity contribution < 1.29 is 18.0 Å². The maximum absolute atomic E-state index is 12.8. The number of sulfonamides is 1.